The smallest absolute Gasteiger partial charge is 0.303 e. The van der Waals surface area contributed by atoms with E-state index >= 15 is 0 Å². The topological polar surface area (TPSA) is 130 Å². The Morgan fingerprint density at radius 3 is 2.20 bits per heavy atom. The minimum Gasteiger partial charge on any atom is -0.481 e. The molecule has 234 valence electrons. The van der Waals surface area contributed by atoms with E-state index in [1.54, 1.807) is 0 Å². The molecule has 0 amide bonds. The first-order chi connectivity index (χ1) is 20.8. The van der Waals surface area contributed by atoms with E-state index < -0.39 is 11.9 Å². The number of hydrogen-bond acceptors (Lipinski definition) is 6. The van der Waals surface area contributed by atoms with Gasteiger partial charge in [-0.1, -0.05) is 20.8 Å². The van der Waals surface area contributed by atoms with Crippen molar-refractivity contribution in [1.29, 1.82) is 0 Å². The molecule has 0 aliphatic carbocycles. The molecule has 2 unspecified atom stereocenters. The van der Waals surface area contributed by atoms with Crippen molar-refractivity contribution in [2.75, 3.05) is 0 Å². The molecule has 44 heavy (non-hydrogen) atoms. The first kappa shape index (κ1) is 30.8. The highest BCUT2D eigenvalue weighted by Crippen LogP contribution is 2.65. The summed E-state index contributed by atoms with van der Waals surface area (Å²) in [6.45, 7) is 13.1. The van der Waals surface area contributed by atoms with E-state index in [1.807, 2.05) is 24.8 Å². The summed E-state index contributed by atoms with van der Waals surface area (Å²) in [7, 11) is 0. The van der Waals surface area contributed by atoms with E-state index in [2.05, 4.69) is 73.4 Å². The maximum absolute atomic E-state index is 11.6. The molecule has 0 aromatic carbocycles. The summed E-state index contributed by atoms with van der Waals surface area (Å²) in [5, 5.41) is 29.0. The molecule has 6 N–H and O–H groups in total. The fraction of sp³-hybridized carbons (Fsp3) is 0.471. The number of hydrogen-bond donors (Lipinski definition) is 7. The fourth-order valence-electron chi connectivity index (χ4n) is 7.57. The zero-order valence-corrected chi connectivity index (χ0v) is 27.8. The second kappa shape index (κ2) is 11.3. The van der Waals surface area contributed by atoms with Gasteiger partial charge in [-0.25, -0.2) is 0 Å². The van der Waals surface area contributed by atoms with Gasteiger partial charge in [0.05, 0.1) is 10.8 Å². The van der Waals surface area contributed by atoms with Gasteiger partial charge in [-0.3, -0.25) is 9.59 Å². The van der Waals surface area contributed by atoms with Gasteiger partial charge in [0.1, 0.15) is 0 Å². The van der Waals surface area contributed by atoms with Gasteiger partial charge in [-0.05, 0) is 85.7 Å². The number of carboxylic acids is 2. The van der Waals surface area contributed by atoms with Crippen molar-refractivity contribution in [1.82, 2.24) is 20.6 Å². The van der Waals surface area contributed by atoms with Gasteiger partial charge >= 0.3 is 11.9 Å². The van der Waals surface area contributed by atoms with Gasteiger partial charge in [-0.15, -0.1) is 11.8 Å². The maximum Gasteiger partial charge on any atom is 0.303 e. The predicted octanol–water partition coefficient (Wildman–Crippen LogP) is 4.14. The van der Waals surface area contributed by atoms with Crippen LogP contribution in [-0.4, -0.2) is 53.4 Å². The number of H-pyrrole nitrogens is 2. The van der Waals surface area contributed by atoms with Crippen LogP contribution in [0.4, 0.5) is 0 Å². The van der Waals surface area contributed by atoms with Crippen LogP contribution in [0.5, 0.6) is 0 Å². The molecule has 6 heterocycles. The molecule has 0 saturated carbocycles. The maximum atomic E-state index is 11.6. The summed E-state index contributed by atoms with van der Waals surface area (Å²) in [6.07, 6.45) is 9.56. The molecule has 0 radical (unpaired) electrons. The standard InChI is InChI=1S/C34H42N4O4S2/c1-15-21(7-9-31(39)40)27-13-28-22(8-10-32(41)42)16(2)24(36-28)12-29-33(19(5)43)17(3)25(37-29)14-30-34(20(6)44-34)18(4)26(38-30)11-23(15)35-27/h11-14,17-20,30,35-38,43H,7-10H2,1-6H3,(H,39,40)(H,41,42)/b24-12-,25-14-,26-11-,28-13-/t17-,18?,19-,20-,30?,34+/m0/s1. The van der Waals surface area contributed by atoms with E-state index in [1.165, 1.54) is 17.0 Å². The van der Waals surface area contributed by atoms with Crippen LogP contribution in [0.25, 0.3) is 18.2 Å². The molecule has 4 aliphatic heterocycles. The van der Waals surface area contributed by atoms with Crippen LogP contribution in [-0.2, 0) is 22.4 Å². The number of allylic oxidation sites excluding steroid dienone is 3. The van der Waals surface area contributed by atoms with Gasteiger partial charge in [0.2, 0.25) is 0 Å². The number of thioether (sulfide) groups is 1. The summed E-state index contributed by atoms with van der Waals surface area (Å²) in [5.41, 5.74) is 10.3. The van der Waals surface area contributed by atoms with Crippen LogP contribution in [0.3, 0.4) is 0 Å². The summed E-state index contributed by atoms with van der Waals surface area (Å²) in [6, 6.07) is 0.145. The lowest BCUT2D eigenvalue weighted by Crippen LogP contribution is -2.34. The van der Waals surface area contributed by atoms with Crippen molar-refractivity contribution in [3.05, 3.63) is 73.1 Å². The highest BCUT2D eigenvalue weighted by atomic mass is 32.2. The molecule has 8 nitrogen and oxygen atoms in total. The van der Waals surface area contributed by atoms with Gasteiger partial charge in [0, 0.05) is 74.4 Å². The summed E-state index contributed by atoms with van der Waals surface area (Å²) < 4.78 is 0.0680. The van der Waals surface area contributed by atoms with Gasteiger partial charge < -0.3 is 30.8 Å². The Morgan fingerprint density at radius 1 is 0.932 bits per heavy atom. The van der Waals surface area contributed by atoms with Crippen LogP contribution in [0.1, 0.15) is 74.2 Å². The van der Waals surface area contributed by atoms with Gasteiger partial charge in [-0.2, -0.15) is 12.6 Å². The van der Waals surface area contributed by atoms with Gasteiger partial charge in [0.25, 0.3) is 0 Å². The fourth-order valence-corrected chi connectivity index (χ4v) is 9.44. The Balaban J connectivity index is 1.63. The second-order valence-electron chi connectivity index (χ2n) is 12.8. The molecule has 2 saturated heterocycles. The summed E-state index contributed by atoms with van der Waals surface area (Å²) in [4.78, 5) is 30.5. The Bertz CT molecular complexity index is 1780. The van der Waals surface area contributed by atoms with Crippen molar-refractivity contribution >= 4 is 54.6 Å². The Morgan fingerprint density at radius 2 is 1.59 bits per heavy atom. The molecular weight excluding hydrogens is 593 g/mol. The number of nitrogens with one attached hydrogen (secondary N) is 4. The first-order valence-electron chi connectivity index (χ1n) is 15.4. The number of carboxylic acid groups (broad SMARTS) is 2. The molecular formula is C34H42N4O4S2. The van der Waals surface area contributed by atoms with Crippen LogP contribution in [0, 0.1) is 25.7 Å². The van der Waals surface area contributed by atoms with E-state index in [4.69, 9.17) is 12.6 Å². The van der Waals surface area contributed by atoms with Crippen molar-refractivity contribution < 1.29 is 19.8 Å². The molecule has 6 atom stereocenters. The van der Waals surface area contributed by atoms with Crippen molar-refractivity contribution in [3.8, 4) is 0 Å². The molecule has 4 aliphatic rings. The monoisotopic (exact) mass is 634 g/mol. The SMILES string of the molecule is Cc1c2[nH]c(c1CCC(=O)O)/C=c1\[nH]/c(c(C)c1CCC(=O)O)=C\C1=C([C@H](C)S)[C@@H](C)/C(=C/C3N/C(=C\2)C(C)[C@]32S[C@H]2C)N1. The number of fused-ring (bicyclic) bond motifs is 9. The third-order valence-corrected chi connectivity index (χ3v) is 12.3. The lowest BCUT2D eigenvalue weighted by atomic mass is 9.86. The number of rotatable bonds is 7. The minimum atomic E-state index is -0.847. The molecule has 1 spiro atoms. The number of thiol groups is 1. The van der Waals surface area contributed by atoms with Crippen molar-refractivity contribution in [3.63, 3.8) is 0 Å². The molecule has 2 fully saturated rings. The number of aromatic amines is 2. The average Bonchev–Trinajstić information content (AvgIpc) is 3.08. The van der Waals surface area contributed by atoms with Crippen LogP contribution in [0.15, 0.2) is 28.7 Å². The van der Waals surface area contributed by atoms with E-state index in [0.29, 0.717) is 24.0 Å². The lowest BCUT2D eigenvalue weighted by Gasteiger charge is -2.20. The number of aromatic nitrogens is 2. The molecule has 8 bridgehead atoms. The minimum absolute atomic E-state index is 0.0128. The molecule has 2 aromatic heterocycles. The quantitative estimate of drug-likeness (QED) is 0.180. The predicted molar refractivity (Wildman–Crippen MR) is 180 cm³/mol. The van der Waals surface area contributed by atoms with Crippen LogP contribution < -0.4 is 21.3 Å². The Labute approximate surface area is 267 Å². The summed E-state index contributed by atoms with van der Waals surface area (Å²) in [5.74, 6) is -1.22. The average molecular weight is 635 g/mol. The second-order valence-corrected chi connectivity index (χ2v) is 15.2. The van der Waals surface area contributed by atoms with E-state index in [9.17, 15) is 19.8 Å². The number of aliphatic carboxylic acids is 2. The normalized spacial score (nSPS) is 31.5. The molecule has 2 aromatic rings. The summed E-state index contributed by atoms with van der Waals surface area (Å²) >= 11 is 6.92. The highest BCUT2D eigenvalue weighted by molar-refractivity contribution is 8.08. The van der Waals surface area contributed by atoms with Crippen LogP contribution in [0.2, 0.25) is 0 Å². The van der Waals surface area contributed by atoms with Crippen molar-refractivity contribution in [2.45, 2.75) is 88.5 Å². The highest BCUT2D eigenvalue weighted by Gasteiger charge is 2.65. The third kappa shape index (κ3) is 5.13. The van der Waals surface area contributed by atoms with Crippen molar-refractivity contribution in [2.24, 2.45) is 11.8 Å². The number of carbonyl (C=O) groups is 2. The Hall–Kier alpha value is -3.24. The van der Waals surface area contributed by atoms with Gasteiger partial charge in [0.15, 0.2) is 0 Å². The Kier molecular flexibility index (Phi) is 7.89. The lowest BCUT2D eigenvalue weighted by molar-refractivity contribution is -0.138. The molecule has 10 heteroatoms. The van der Waals surface area contributed by atoms with Crippen LogP contribution >= 0.6 is 24.4 Å². The largest absolute Gasteiger partial charge is 0.481 e. The van der Waals surface area contributed by atoms with E-state index in [0.717, 1.165) is 50.0 Å². The van der Waals surface area contributed by atoms with E-state index in [-0.39, 0.29) is 34.8 Å². The molecule has 6 rings (SSSR count). The zero-order chi connectivity index (χ0) is 31.7. The zero-order valence-electron chi connectivity index (χ0n) is 26.1. The first-order valence-corrected chi connectivity index (χ1v) is 16.8. The third-order valence-electron chi connectivity index (χ3n) is 10.2.